The van der Waals surface area contributed by atoms with Crippen molar-refractivity contribution in [1.82, 2.24) is 14.9 Å². The molecule has 0 radical (unpaired) electrons. The number of hydrogen-bond donors (Lipinski definition) is 0. The van der Waals surface area contributed by atoms with Gasteiger partial charge in [-0.1, -0.05) is 0 Å². The second-order valence-electron chi connectivity index (χ2n) is 2.76. The maximum atomic E-state index is 10.7. The van der Waals surface area contributed by atoms with Crippen molar-refractivity contribution in [3.63, 3.8) is 0 Å². The molecule has 1 rings (SSSR count). The van der Waals surface area contributed by atoms with E-state index in [1.807, 2.05) is 14.1 Å². The third-order valence-corrected chi connectivity index (χ3v) is 1.40. The monoisotopic (exact) mass is 177 g/mol. The van der Waals surface area contributed by atoms with E-state index < -0.39 is 0 Å². The average molecular weight is 177 g/mol. The Bertz CT molecular complexity index is 306. The zero-order valence-corrected chi connectivity index (χ0v) is 7.64. The van der Waals surface area contributed by atoms with Gasteiger partial charge in [-0.25, -0.2) is 9.97 Å². The summed E-state index contributed by atoms with van der Waals surface area (Å²) in [6.45, 7) is 0. The molecule has 0 N–H and O–H groups in total. The fourth-order valence-corrected chi connectivity index (χ4v) is 0.897. The third kappa shape index (κ3) is 2.66. The molecule has 4 nitrogen and oxygen atoms in total. The van der Waals surface area contributed by atoms with Crippen LogP contribution in [0.4, 0.5) is 0 Å². The van der Waals surface area contributed by atoms with Crippen molar-refractivity contribution < 1.29 is 4.79 Å². The summed E-state index contributed by atoms with van der Waals surface area (Å²) < 4.78 is 0. The van der Waals surface area contributed by atoms with Crippen LogP contribution in [0, 0.1) is 0 Å². The summed E-state index contributed by atoms with van der Waals surface area (Å²) >= 11 is 0. The van der Waals surface area contributed by atoms with Gasteiger partial charge in [-0.2, -0.15) is 0 Å². The molecule has 0 fully saturated rings. The summed E-state index contributed by atoms with van der Waals surface area (Å²) in [6.07, 6.45) is 5.52. The molecule has 0 aliphatic carbocycles. The minimum atomic E-state index is 0.549. The number of hydrogen-bond acceptors (Lipinski definition) is 4. The quantitative estimate of drug-likeness (QED) is 0.500. The van der Waals surface area contributed by atoms with Crippen LogP contribution in [0.3, 0.4) is 0 Å². The topological polar surface area (TPSA) is 46.1 Å². The van der Waals surface area contributed by atoms with Gasteiger partial charge in [0.05, 0.1) is 11.3 Å². The van der Waals surface area contributed by atoms with Gasteiger partial charge >= 0.3 is 0 Å². The number of allylic oxidation sites excluding steroid dienone is 1. The Hall–Kier alpha value is -1.71. The van der Waals surface area contributed by atoms with E-state index in [2.05, 4.69) is 9.97 Å². The molecule has 0 aliphatic heterocycles. The van der Waals surface area contributed by atoms with Crippen molar-refractivity contribution in [2.75, 3.05) is 14.1 Å². The second kappa shape index (κ2) is 4.35. The molecule has 68 valence electrons. The molecule has 0 bridgehead atoms. The van der Waals surface area contributed by atoms with Crippen LogP contribution in [-0.2, 0) is 4.79 Å². The van der Waals surface area contributed by atoms with Gasteiger partial charge in [-0.05, 0) is 6.07 Å². The van der Waals surface area contributed by atoms with Gasteiger partial charge in [0.15, 0.2) is 6.29 Å². The lowest BCUT2D eigenvalue weighted by Gasteiger charge is -2.06. The first-order valence-electron chi connectivity index (χ1n) is 3.84. The highest BCUT2D eigenvalue weighted by Gasteiger charge is 2.00. The van der Waals surface area contributed by atoms with Crippen molar-refractivity contribution in [2.45, 2.75) is 0 Å². The third-order valence-electron chi connectivity index (χ3n) is 1.40. The van der Waals surface area contributed by atoms with Gasteiger partial charge in [0, 0.05) is 26.5 Å². The normalized spacial score (nSPS) is 11.1. The molecule has 1 heterocycles. The summed E-state index contributed by atoms with van der Waals surface area (Å²) in [5.74, 6) is 0. The van der Waals surface area contributed by atoms with E-state index in [1.54, 1.807) is 23.4 Å². The van der Waals surface area contributed by atoms with Crippen LogP contribution in [0.5, 0.6) is 0 Å². The molecule has 0 aliphatic rings. The molecule has 0 saturated carbocycles. The summed E-state index contributed by atoms with van der Waals surface area (Å²) in [6, 6.07) is 1.70. The highest BCUT2D eigenvalue weighted by atomic mass is 16.1. The Morgan fingerprint density at radius 2 is 2.31 bits per heavy atom. The van der Waals surface area contributed by atoms with Crippen molar-refractivity contribution in [1.29, 1.82) is 0 Å². The Morgan fingerprint density at radius 1 is 1.54 bits per heavy atom. The highest BCUT2D eigenvalue weighted by Crippen LogP contribution is 2.06. The molecule has 13 heavy (non-hydrogen) atoms. The SMILES string of the molecule is CN(C)C=C(C=O)c1ccncn1. The molecular formula is C9H11N3O. The molecule has 1 aromatic rings. The van der Waals surface area contributed by atoms with E-state index in [9.17, 15) is 4.79 Å². The zero-order valence-electron chi connectivity index (χ0n) is 7.64. The van der Waals surface area contributed by atoms with Gasteiger partial charge in [0.25, 0.3) is 0 Å². The summed E-state index contributed by atoms with van der Waals surface area (Å²) in [7, 11) is 3.70. The largest absolute Gasteiger partial charge is 0.383 e. The molecule has 0 unspecified atom stereocenters. The van der Waals surface area contributed by atoms with Gasteiger partial charge in [-0.15, -0.1) is 0 Å². The highest BCUT2D eigenvalue weighted by molar-refractivity contribution is 6.05. The van der Waals surface area contributed by atoms with Crippen molar-refractivity contribution in [2.24, 2.45) is 0 Å². The van der Waals surface area contributed by atoms with Gasteiger partial charge in [0.1, 0.15) is 6.33 Å². The lowest BCUT2D eigenvalue weighted by molar-refractivity contribution is -0.103. The van der Waals surface area contributed by atoms with Crippen LogP contribution < -0.4 is 0 Å². The molecule has 0 atom stereocenters. The van der Waals surface area contributed by atoms with Gasteiger partial charge < -0.3 is 4.90 Å². The van der Waals surface area contributed by atoms with Crippen molar-refractivity contribution >= 4 is 11.9 Å². The molecule has 1 aromatic heterocycles. The van der Waals surface area contributed by atoms with E-state index in [1.165, 1.54) is 6.33 Å². The van der Waals surface area contributed by atoms with Crippen LogP contribution in [0.1, 0.15) is 5.69 Å². The predicted molar refractivity (Wildman–Crippen MR) is 49.8 cm³/mol. The maximum Gasteiger partial charge on any atom is 0.153 e. The van der Waals surface area contributed by atoms with Gasteiger partial charge in [-0.3, -0.25) is 4.79 Å². The molecular weight excluding hydrogens is 166 g/mol. The molecule has 4 heteroatoms. The average Bonchev–Trinajstić information content (AvgIpc) is 2.15. The van der Waals surface area contributed by atoms with E-state index in [-0.39, 0.29) is 0 Å². The van der Waals surface area contributed by atoms with Crippen molar-refractivity contribution in [3.05, 3.63) is 30.5 Å². The Kier molecular flexibility index (Phi) is 3.14. The van der Waals surface area contributed by atoms with Crippen LogP contribution in [0.15, 0.2) is 24.8 Å². The van der Waals surface area contributed by atoms with E-state index in [0.29, 0.717) is 11.3 Å². The number of rotatable bonds is 3. The standard InChI is InChI=1S/C9H11N3O/c1-12(2)5-8(6-13)9-3-4-10-7-11-9/h3-7H,1-2H3. The van der Waals surface area contributed by atoms with E-state index >= 15 is 0 Å². The first-order chi connectivity index (χ1) is 6.24. The minimum Gasteiger partial charge on any atom is -0.383 e. The Balaban J connectivity index is 2.98. The fourth-order valence-electron chi connectivity index (χ4n) is 0.897. The molecule has 0 aromatic carbocycles. The summed E-state index contributed by atoms with van der Waals surface area (Å²) in [4.78, 5) is 20.2. The minimum absolute atomic E-state index is 0.549. The van der Waals surface area contributed by atoms with E-state index in [0.717, 1.165) is 6.29 Å². The number of aromatic nitrogens is 2. The smallest absolute Gasteiger partial charge is 0.153 e. The van der Waals surface area contributed by atoms with Crippen LogP contribution in [0.25, 0.3) is 5.57 Å². The number of carbonyl (C=O) groups is 1. The predicted octanol–water partition coefficient (Wildman–Crippen LogP) is 0.578. The van der Waals surface area contributed by atoms with Crippen LogP contribution in [-0.4, -0.2) is 35.2 Å². The van der Waals surface area contributed by atoms with Gasteiger partial charge in [0.2, 0.25) is 0 Å². The Morgan fingerprint density at radius 3 is 2.77 bits per heavy atom. The summed E-state index contributed by atoms with van der Waals surface area (Å²) in [5.41, 5.74) is 1.19. The van der Waals surface area contributed by atoms with Crippen molar-refractivity contribution in [3.8, 4) is 0 Å². The first kappa shape index (κ1) is 9.38. The first-order valence-corrected chi connectivity index (χ1v) is 3.84. The lowest BCUT2D eigenvalue weighted by atomic mass is 10.2. The number of carbonyl (C=O) groups excluding carboxylic acids is 1. The fraction of sp³-hybridized carbons (Fsp3) is 0.222. The molecule has 0 spiro atoms. The zero-order chi connectivity index (χ0) is 9.68. The second-order valence-corrected chi connectivity index (χ2v) is 2.76. The number of aldehydes is 1. The molecule has 0 amide bonds. The molecule has 0 saturated heterocycles. The van der Waals surface area contributed by atoms with Crippen LogP contribution >= 0.6 is 0 Å². The lowest BCUT2D eigenvalue weighted by Crippen LogP contribution is -2.04. The summed E-state index contributed by atoms with van der Waals surface area (Å²) in [5, 5.41) is 0. The maximum absolute atomic E-state index is 10.7. The van der Waals surface area contributed by atoms with E-state index in [4.69, 9.17) is 0 Å². The number of nitrogens with zero attached hydrogens (tertiary/aromatic N) is 3. The Labute approximate surface area is 76.9 Å². The van der Waals surface area contributed by atoms with Crippen LogP contribution in [0.2, 0.25) is 0 Å².